The molecule has 1 aliphatic heterocycles. The van der Waals surface area contributed by atoms with E-state index in [2.05, 4.69) is 13.8 Å². The van der Waals surface area contributed by atoms with Crippen molar-refractivity contribution in [3.05, 3.63) is 12.5 Å². The van der Waals surface area contributed by atoms with Crippen LogP contribution in [0.5, 0.6) is 0 Å². The Morgan fingerprint density at radius 1 is 0.667 bits per heavy atom. The fourth-order valence-electron chi connectivity index (χ4n) is 2.51. The summed E-state index contributed by atoms with van der Waals surface area (Å²) in [7, 11) is 0. The Balaban J connectivity index is 2.13. The summed E-state index contributed by atoms with van der Waals surface area (Å²) in [6.45, 7) is 4.49. The van der Waals surface area contributed by atoms with Gasteiger partial charge >= 0.3 is 0 Å². The summed E-state index contributed by atoms with van der Waals surface area (Å²) < 4.78 is 11.4. The highest BCUT2D eigenvalue weighted by Crippen LogP contribution is 2.32. The molecule has 0 amide bonds. The lowest BCUT2D eigenvalue weighted by Gasteiger charge is -2.27. The minimum atomic E-state index is -0.320. The SMILES string of the molecule is CCCCCCCCC1(CCCCC)OC=CO1. The van der Waals surface area contributed by atoms with Gasteiger partial charge in [0.1, 0.15) is 12.5 Å². The van der Waals surface area contributed by atoms with E-state index in [0.29, 0.717) is 0 Å². The molecule has 1 rings (SSSR count). The van der Waals surface area contributed by atoms with E-state index in [-0.39, 0.29) is 5.79 Å². The van der Waals surface area contributed by atoms with E-state index < -0.39 is 0 Å². The van der Waals surface area contributed by atoms with Crippen LogP contribution in [0.2, 0.25) is 0 Å². The molecular formula is C16H30O2. The lowest BCUT2D eigenvalue weighted by Crippen LogP contribution is -2.29. The van der Waals surface area contributed by atoms with Crippen molar-refractivity contribution in [3.8, 4) is 0 Å². The predicted octanol–water partition coefficient (Wildman–Crippen LogP) is 5.53. The highest BCUT2D eigenvalue weighted by molar-refractivity contribution is 4.83. The van der Waals surface area contributed by atoms with Gasteiger partial charge in [0.25, 0.3) is 0 Å². The second kappa shape index (κ2) is 9.29. The molecule has 0 N–H and O–H groups in total. The van der Waals surface area contributed by atoms with E-state index in [0.717, 1.165) is 12.8 Å². The second-order valence-electron chi connectivity index (χ2n) is 5.39. The normalized spacial score (nSPS) is 16.6. The summed E-state index contributed by atoms with van der Waals surface area (Å²) in [5, 5.41) is 0. The highest BCUT2D eigenvalue weighted by Gasteiger charge is 2.34. The van der Waals surface area contributed by atoms with E-state index >= 15 is 0 Å². The van der Waals surface area contributed by atoms with Crippen molar-refractivity contribution in [3.63, 3.8) is 0 Å². The smallest absolute Gasteiger partial charge is 0.249 e. The highest BCUT2D eigenvalue weighted by atomic mass is 16.7. The molecule has 2 nitrogen and oxygen atoms in total. The quantitative estimate of drug-likeness (QED) is 0.451. The molecule has 0 bridgehead atoms. The largest absolute Gasteiger partial charge is 0.457 e. The summed E-state index contributed by atoms with van der Waals surface area (Å²) in [5.74, 6) is -0.320. The average molecular weight is 254 g/mol. The molecule has 1 aliphatic rings. The van der Waals surface area contributed by atoms with Crippen molar-refractivity contribution in [2.24, 2.45) is 0 Å². The zero-order valence-electron chi connectivity index (χ0n) is 12.2. The Morgan fingerprint density at radius 3 is 1.72 bits per heavy atom. The topological polar surface area (TPSA) is 18.5 Å². The van der Waals surface area contributed by atoms with Crippen LogP contribution in [0, 0.1) is 0 Å². The van der Waals surface area contributed by atoms with Crippen LogP contribution in [0.3, 0.4) is 0 Å². The minimum Gasteiger partial charge on any atom is -0.457 e. The van der Waals surface area contributed by atoms with Gasteiger partial charge in [-0.3, -0.25) is 0 Å². The Morgan fingerprint density at radius 2 is 1.11 bits per heavy atom. The van der Waals surface area contributed by atoms with E-state index in [1.54, 1.807) is 12.5 Å². The Labute approximate surface area is 113 Å². The molecule has 2 heteroatoms. The molecule has 0 radical (unpaired) electrons. The Kier molecular flexibility index (Phi) is 7.95. The third-order valence-electron chi connectivity index (χ3n) is 3.69. The molecule has 0 unspecified atom stereocenters. The summed E-state index contributed by atoms with van der Waals surface area (Å²) in [6.07, 6.45) is 17.2. The van der Waals surface area contributed by atoms with Gasteiger partial charge in [-0.15, -0.1) is 0 Å². The van der Waals surface area contributed by atoms with Gasteiger partial charge in [0.2, 0.25) is 5.79 Å². The first-order chi connectivity index (χ1) is 8.83. The van der Waals surface area contributed by atoms with Gasteiger partial charge in [0.15, 0.2) is 0 Å². The zero-order chi connectivity index (χ0) is 13.1. The molecule has 0 spiro atoms. The van der Waals surface area contributed by atoms with Crippen LogP contribution in [0.15, 0.2) is 12.5 Å². The number of rotatable bonds is 11. The van der Waals surface area contributed by atoms with Gasteiger partial charge in [-0.05, 0) is 12.8 Å². The maximum absolute atomic E-state index is 5.71. The second-order valence-corrected chi connectivity index (χ2v) is 5.39. The van der Waals surface area contributed by atoms with Crippen molar-refractivity contribution in [2.45, 2.75) is 90.3 Å². The number of hydrogen-bond acceptors (Lipinski definition) is 2. The maximum Gasteiger partial charge on any atom is 0.249 e. The Hall–Kier alpha value is -0.660. The zero-order valence-corrected chi connectivity index (χ0v) is 12.2. The average Bonchev–Trinajstić information content (AvgIpc) is 2.83. The van der Waals surface area contributed by atoms with Gasteiger partial charge in [-0.25, -0.2) is 0 Å². The van der Waals surface area contributed by atoms with E-state index in [4.69, 9.17) is 9.47 Å². The monoisotopic (exact) mass is 254 g/mol. The molecule has 0 saturated heterocycles. The minimum absolute atomic E-state index is 0.320. The van der Waals surface area contributed by atoms with Crippen molar-refractivity contribution in [2.75, 3.05) is 0 Å². The van der Waals surface area contributed by atoms with Gasteiger partial charge in [-0.1, -0.05) is 58.8 Å². The van der Waals surface area contributed by atoms with Crippen LogP contribution >= 0.6 is 0 Å². The standard InChI is InChI=1S/C16H30O2/c1-3-5-7-8-9-11-13-16(12-10-6-4-2)17-14-15-18-16/h14-15H,3-13H2,1-2H3. The third-order valence-corrected chi connectivity index (χ3v) is 3.69. The number of ether oxygens (including phenoxy) is 2. The van der Waals surface area contributed by atoms with Crippen LogP contribution in [-0.4, -0.2) is 5.79 Å². The summed E-state index contributed by atoms with van der Waals surface area (Å²) in [4.78, 5) is 0. The van der Waals surface area contributed by atoms with Gasteiger partial charge in [0.05, 0.1) is 0 Å². The van der Waals surface area contributed by atoms with Gasteiger partial charge < -0.3 is 9.47 Å². The number of unbranched alkanes of at least 4 members (excludes halogenated alkanes) is 7. The van der Waals surface area contributed by atoms with E-state index in [1.165, 1.54) is 57.8 Å². The van der Waals surface area contributed by atoms with Gasteiger partial charge in [-0.2, -0.15) is 0 Å². The first-order valence-electron chi connectivity index (χ1n) is 7.83. The Bertz CT molecular complexity index is 215. The molecule has 0 saturated carbocycles. The lowest BCUT2D eigenvalue weighted by molar-refractivity contribution is -0.153. The molecular weight excluding hydrogens is 224 g/mol. The molecule has 18 heavy (non-hydrogen) atoms. The molecule has 106 valence electrons. The summed E-state index contributed by atoms with van der Waals surface area (Å²) >= 11 is 0. The number of hydrogen-bond donors (Lipinski definition) is 0. The van der Waals surface area contributed by atoms with E-state index in [1.807, 2.05) is 0 Å². The fraction of sp³-hybridized carbons (Fsp3) is 0.875. The molecule has 0 aromatic rings. The van der Waals surface area contributed by atoms with Crippen LogP contribution in [-0.2, 0) is 9.47 Å². The van der Waals surface area contributed by atoms with Crippen molar-refractivity contribution < 1.29 is 9.47 Å². The maximum atomic E-state index is 5.71. The summed E-state index contributed by atoms with van der Waals surface area (Å²) in [5.41, 5.74) is 0. The molecule has 0 aliphatic carbocycles. The summed E-state index contributed by atoms with van der Waals surface area (Å²) in [6, 6.07) is 0. The third kappa shape index (κ3) is 5.79. The molecule has 0 aromatic heterocycles. The van der Waals surface area contributed by atoms with Crippen LogP contribution in [0.1, 0.15) is 84.5 Å². The molecule has 0 fully saturated rings. The van der Waals surface area contributed by atoms with Crippen molar-refractivity contribution >= 4 is 0 Å². The lowest BCUT2D eigenvalue weighted by atomic mass is 10.00. The fourth-order valence-corrected chi connectivity index (χ4v) is 2.51. The molecule has 0 atom stereocenters. The molecule has 1 heterocycles. The van der Waals surface area contributed by atoms with E-state index in [9.17, 15) is 0 Å². The van der Waals surface area contributed by atoms with Crippen molar-refractivity contribution in [1.29, 1.82) is 0 Å². The van der Waals surface area contributed by atoms with Gasteiger partial charge in [0, 0.05) is 12.8 Å². The predicted molar refractivity (Wildman–Crippen MR) is 76.2 cm³/mol. The molecule has 0 aromatic carbocycles. The first kappa shape index (κ1) is 15.4. The first-order valence-corrected chi connectivity index (χ1v) is 7.83. The van der Waals surface area contributed by atoms with Crippen LogP contribution in [0.25, 0.3) is 0 Å². The van der Waals surface area contributed by atoms with Crippen LogP contribution < -0.4 is 0 Å². The van der Waals surface area contributed by atoms with Crippen molar-refractivity contribution in [1.82, 2.24) is 0 Å². The van der Waals surface area contributed by atoms with Crippen LogP contribution in [0.4, 0.5) is 0 Å².